The third-order valence-electron chi connectivity index (χ3n) is 2.92. The molecule has 94 valence electrons. The molecule has 0 aliphatic rings. The molecule has 4 heteroatoms. The molecule has 0 saturated heterocycles. The molecule has 0 amide bonds. The largest absolute Gasteiger partial charge is 0.334 e. The number of aryl methyl sites for hydroxylation is 1. The number of halogens is 1. The van der Waals surface area contributed by atoms with Crippen LogP contribution in [0.1, 0.15) is 5.56 Å². The van der Waals surface area contributed by atoms with E-state index in [0.717, 1.165) is 21.2 Å². The van der Waals surface area contributed by atoms with Crippen molar-refractivity contribution in [2.24, 2.45) is 0 Å². The van der Waals surface area contributed by atoms with Crippen LogP contribution in [0.4, 0.5) is 0 Å². The summed E-state index contributed by atoms with van der Waals surface area (Å²) in [5.41, 5.74) is 3.02. The molecule has 0 N–H and O–H groups in total. The second-order valence-corrected chi connectivity index (χ2v) is 5.07. The Morgan fingerprint density at radius 2 is 1.63 bits per heavy atom. The summed E-state index contributed by atoms with van der Waals surface area (Å²) in [5.74, 6) is 1.13. The fourth-order valence-corrected chi connectivity index (χ4v) is 2.36. The zero-order valence-corrected chi connectivity index (χ0v) is 11.9. The fourth-order valence-electron chi connectivity index (χ4n) is 1.90. The third kappa shape index (κ3) is 2.31. The Morgan fingerprint density at radius 1 is 0.947 bits per heavy atom. The van der Waals surface area contributed by atoms with Crippen molar-refractivity contribution in [1.82, 2.24) is 10.1 Å². The van der Waals surface area contributed by atoms with Crippen LogP contribution in [0.25, 0.3) is 22.8 Å². The number of nitrogens with zero attached hydrogens (tertiary/aromatic N) is 2. The van der Waals surface area contributed by atoms with Gasteiger partial charge in [-0.2, -0.15) is 4.98 Å². The maximum Gasteiger partial charge on any atom is 0.259 e. The van der Waals surface area contributed by atoms with Crippen LogP contribution in [-0.4, -0.2) is 10.1 Å². The molecule has 3 nitrogen and oxygen atoms in total. The Kier molecular flexibility index (Phi) is 3.17. The molecular formula is C15H11BrN2O. The van der Waals surface area contributed by atoms with Gasteiger partial charge < -0.3 is 4.52 Å². The number of aromatic nitrogens is 2. The standard InChI is InChI=1S/C15H11BrN2O/c1-10-6-2-3-7-11(10)14-17-15(19-18-14)12-8-4-5-9-13(12)16/h2-9H,1H3. The van der Waals surface area contributed by atoms with E-state index >= 15 is 0 Å². The number of hydrogen-bond acceptors (Lipinski definition) is 3. The Morgan fingerprint density at radius 3 is 2.37 bits per heavy atom. The number of hydrogen-bond donors (Lipinski definition) is 0. The van der Waals surface area contributed by atoms with Gasteiger partial charge >= 0.3 is 0 Å². The normalized spacial score (nSPS) is 10.6. The molecule has 0 aliphatic carbocycles. The monoisotopic (exact) mass is 314 g/mol. The van der Waals surface area contributed by atoms with Gasteiger partial charge in [0.05, 0.1) is 5.56 Å². The Bertz CT molecular complexity index is 661. The van der Waals surface area contributed by atoms with Crippen LogP contribution < -0.4 is 0 Å². The predicted octanol–water partition coefficient (Wildman–Crippen LogP) is 4.47. The summed E-state index contributed by atoms with van der Waals surface area (Å²) in [5, 5.41) is 4.06. The minimum atomic E-state index is 0.519. The minimum absolute atomic E-state index is 0.519. The first kappa shape index (κ1) is 12.1. The zero-order chi connectivity index (χ0) is 13.2. The van der Waals surface area contributed by atoms with Crippen molar-refractivity contribution >= 4 is 15.9 Å². The highest BCUT2D eigenvalue weighted by Gasteiger charge is 2.13. The lowest BCUT2D eigenvalue weighted by atomic mass is 10.1. The molecule has 0 bridgehead atoms. The van der Waals surface area contributed by atoms with Crippen molar-refractivity contribution in [2.45, 2.75) is 6.92 Å². The van der Waals surface area contributed by atoms with E-state index in [0.29, 0.717) is 11.7 Å². The molecule has 3 rings (SSSR count). The van der Waals surface area contributed by atoms with Gasteiger partial charge in [-0.25, -0.2) is 0 Å². The van der Waals surface area contributed by atoms with E-state index in [2.05, 4.69) is 26.1 Å². The van der Waals surface area contributed by atoms with Crippen molar-refractivity contribution in [3.63, 3.8) is 0 Å². The van der Waals surface area contributed by atoms with Crippen LogP contribution in [0, 0.1) is 6.92 Å². The highest BCUT2D eigenvalue weighted by Crippen LogP contribution is 2.29. The SMILES string of the molecule is Cc1ccccc1-c1noc(-c2ccccc2Br)n1. The molecule has 0 saturated carbocycles. The van der Waals surface area contributed by atoms with E-state index in [1.54, 1.807) is 0 Å². The Hall–Kier alpha value is -1.94. The first-order chi connectivity index (χ1) is 9.25. The molecule has 0 radical (unpaired) electrons. The molecule has 0 fully saturated rings. The smallest absolute Gasteiger partial charge is 0.259 e. The van der Waals surface area contributed by atoms with Gasteiger partial charge in [0.2, 0.25) is 5.82 Å². The summed E-state index contributed by atoms with van der Waals surface area (Å²) >= 11 is 3.49. The molecule has 0 atom stereocenters. The van der Waals surface area contributed by atoms with E-state index in [4.69, 9.17) is 4.52 Å². The van der Waals surface area contributed by atoms with Crippen molar-refractivity contribution in [3.8, 4) is 22.8 Å². The Balaban J connectivity index is 2.06. The number of rotatable bonds is 2. The van der Waals surface area contributed by atoms with Crippen LogP contribution in [0.3, 0.4) is 0 Å². The molecule has 19 heavy (non-hydrogen) atoms. The average Bonchev–Trinajstić information content (AvgIpc) is 2.89. The summed E-state index contributed by atoms with van der Waals surface area (Å²) in [4.78, 5) is 4.46. The summed E-state index contributed by atoms with van der Waals surface area (Å²) < 4.78 is 6.29. The van der Waals surface area contributed by atoms with Gasteiger partial charge in [0.25, 0.3) is 5.89 Å². The first-order valence-electron chi connectivity index (χ1n) is 5.90. The van der Waals surface area contributed by atoms with Crippen LogP contribution in [0.5, 0.6) is 0 Å². The highest BCUT2D eigenvalue weighted by molar-refractivity contribution is 9.10. The van der Waals surface area contributed by atoms with E-state index in [1.807, 2.05) is 55.5 Å². The number of benzene rings is 2. The maximum absolute atomic E-state index is 5.35. The van der Waals surface area contributed by atoms with Gasteiger partial charge in [-0.15, -0.1) is 0 Å². The van der Waals surface area contributed by atoms with Gasteiger partial charge in [0.15, 0.2) is 0 Å². The van der Waals surface area contributed by atoms with Gasteiger partial charge in [-0.1, -0.05) is 41.6 Å². The van der Waals surface area contributed by atoms with Crippen molar-refractivity contribution in [2.75, 3.05) is 0 Å². The molecule has 0 spiro atoms. The minimum Gasteiger partial charge on any atom is -0.334 e. The van der Waals surface area contributed by atoms with E-state index in [-0.39, 0.29) is 0 Å². The summed E-state index contributed by atoms with van der Waals surface area (Å²) in [6.07, 6.45) is 0. The highest BCUT2D eigenvalue weighted by atomic mass is 79.9. The summed E-state index contributed by atoms with van der Waals surface area (Å²) in [6.45, 7) is 2.03. The first-order valence-corrected chi connectivity index (χ1v) is 6.69. The lowest BCUT2D eigenvalue weighted by Crippen LogP contribution is -1.85. The summed E-state index contributed by atoms with van der Waals surface area (Å²) in [7, 11) is 0. The fraction of sp³-hybridized carbons (Fsp3) is 0.0667. The molecule has 1 aromatic heterocycles. The van der Waals surface area contributed by atoms with Crippen LogP contribution >= 0.6 is 15.9 Å². The topological polar surface area (TPSA) is 38.9 Å². The lowest BCUT2D eigenvalue weighted by Gasteiger charge is -1.98. The Labute approximate surface area is 119 Å². The molecule has 1 heterocycles. The molecule has 0 unspecified atom stereocenters. The second-order valence-electron chi connectivity index (χ2n) is 4.22. The van der Waals surface area contributed by atoms with E-state index in [1.165, 1.54) is 0 Å². The van der Waals surface area contributed by atoms with Gasteiger partial charge in [-0.05, 0) is 40.5 Å². The van der Waals surface area contributed by atoms with Crippen molar-refractivity contribution in [3.05, 3.63) is 58.6 Å². The molecule has 3 aromatic rings. The van der Waals surface area contributed by atoms with Crippen LogP contribution in [-0.2, 0) is 0 Å². The van der Waals surface area contributed by atoms with E-state index < -0.39 is 0 Å². The quantitative estimate of drug-likeness (QED) is 0.700. The van der Waals surface area contributed by atoms with Crippen molar-refractivity contribution < 1.29 is 4.52 Å². The van der Waals surface area contributed by atoms with Crippen LogP contribution in [0.15, 0.2) is 57.5 Å². The maximum atomic E-state index is 5.35. The average molecular weight is 315 g/mol. The van der Waals surface area contributed by atoms with Gasteiger partial charge in [-0.3, -0.25) is 0 Å². The second kappa shape index (κ2) is 4.97. The van der Waals surface area contributed by atoms with Crippen LogP contribution in [0.2, 0.25) is 0 Å². The zero-order valence-electron chi connectivity index (χ0n) is 10.3. The summed E-state index contributed by atoms with van der Waals surface area (Å²) in [6, 6.07) is 15.8. The van der Waals surface area contributed by atoms with E-state index in [9.17, 15) is 0 Å². The van der Waals surface area contributed by atoms with Crippen molar-refractivity contribution in [1.29, 1.82) is 0 Å². The van der Waals surface area contributed by atoms with Gasteiger partial charge in [0, 0.05) is 10.0 Å². The molecule has 0 aliphatic heterocycles. The predicted molar refractivity (Wildman–Crippen MR) is 77.6 cm³/mol. The van der Waals surface area contributed by atoms with Gasteiger partial charge in [0.1, 0.15) is 0 Å². The lowest BCUT2D eigenvalue weighted by molar-refractivity contribution is 0.432. The molecular weight excluding hydrogens is 304 g/mol. The third-order valence-corrected chi connectivity index (χ3v) is 3.61. The molecule has 2 aromatic carbocycles.